The van der Waals surface area contributed by atoms with Crippen molar-refractivity contribution in [2.24, 2.45) is 5.41 Å². The van der Waals surface area contributed by atoms with Crippen molar-refractivity contribution in [3.63, 3.8) is 0 Å². The van der Waals surface area contributed by atoms with Gasteiger partial charge in [0.2, 0.25) is 0 Å². The molecule has 1 aliphatic rings. The fraction of sp³-hybridized carbons (Fsp3) is 0.909. The average Bonchev–Trinajstić information content (AvgIpc) is 2.84. The first kappa shape index (κ1) is 11.5. The van der Waals surface area contributed by atoms with Crippen molar-refractivity contribution in [3.8, 4) is 0 Å². The quantitative estimate of drug-likeness (QED) is 0.736. The lowest BCUT2D eigenvalue weighted by Crippen LogP contribution is -2.46. The van der Waals surface area contributed by atoms with Gasteiger partial charge in [0.15, 0.2) is 0 Å². The number of carbonyl (C=O) groups is 1. The van der Waals surface area contributed by atoms with Gasteiger partial charge in [-0.25, -0.2) is 0 Å². The van der Waals surface area contributed by atoms with Crippen LogP contribution < -0.4 is 0 Å². The molecule has 2 unspecified atom stereocenters. The Balaban J connectivity index is 2.62. The van der Waals surface area contributed by atoms with Crippen LogP contribution in [-0.2, 0) is 4.79 Å². The predicted molar refractivity (Wildman–Crippen MR) is 56.3 cm³/mol. The number of carboxylic acids is 1. The maximum Gasteiger partial charge on any atom is 0.320 e. The number of nitrogens with zero attached hydrogens (tertiary/aromatic N) is 1. The van der Waals surface area contributed by atoms with Gasteiger partial charge in [0.1, 0.15) is 6.04 Å². The normalized spacial score (nSPS) is 23.2. The van der Waals surface area contributed by atoms with Crippen LogP contribution in [0.2, 0.25) is 0 Å². The first-order valence-corrected chi connectivity index (χ1v) is 5.37. The van der Waals surface area contributed by atoms with Crippen LogP contribution in [0.4, 0.5) is 0 Å². The molecular formula is C11H21NO2. The highest BCUT2D eigenvalue weighted by atomic mass is 16.4. The third-order valence-corrected chi connectivity index (χ3v) is 3.82. The molecule has 2 atom stereocenters. The van der Waals surface area contributed by atoms with E-state index in [1.807, 2.05) is 18.9 Å². The SMILES string of the molecule is CCC(C(=O)O)N(C)C(C)C1(C)CC1. The standard InChI is InChI=1S/C11H21NO2/c1-5-9(10(13)14)12(4)8(2)11(3)6-7-11/h8-9H,5-7H2,1-4H3,(H,13,14). The molecule has 1 saturated carbocycles. The van der Waals surface area contributed by atoms with E-state index in [-0.39, 0.29) is 6.04 Å². The van der Waals surface area contributed by atoms with E-state index in [0.717, 1.165) is 0 Å². The van der Waals surface area contributed by atoms with Gasteiger partial charge in [-0.1, -0.05) is 13.8 Å². The van der Waals surface area contributed by atoms with Crippen molar-refractivity contribution in [1.29, 1.82) is 0 Å². The fourth-order valence-electron chi connectivity index (χ4n) is 2.01. The van der Waals surface area contributed by atoms with Crippen molar-refractivity contribution in [2.75, 3.05) is 7.05 Å². The van der Waals surface area contributed by atoms with Crippen molar-refractivity contribution >= 4 is 5.97 Å². The molecule has 0 aromatic rings. The van der Waals surface area contributed by atoms with Crippen LogP contribution >= 0.6 is 0 Å². The summed E-state index contributed by atoms with van der Waals surface area (Å²) in [6, 6.07) is 0.0333. The number of aliphatic carboxylic acids is 1. The van der Waals surface area contributed by atoms with Gasteiger partial charge in [0.05, 0.1) is 0 Å². The lowest BCUT2D eigenvalue weighted by molar-refractivity contribution is -0.144. The van der Waals surface area contributed by atoms with E-state index in [1.165, 1.54) is 12.8 Å². The van der Waals surface area contributed by atoms with E-state index in [2.05, 4.69) is 13.8 Å². The number of hydrogen-bond donors (Lipinski definition) is 1. The van der Waals surface area contributed by atoms with Gasteiger partial charge in [0, 0.05) is 6.04 Å². The molecule has 14 heavy (non-hydrogen) atoms. The minimum absolute atomic E-state index is 0.331. The van der Waals surface area contributed by atoms with E-state index < -0.39 is 5.97 Å². The van der Waals surface area contributed by atoms with E-state index >= 15 is 0 Å². The highest BCUT2D eigenvalue weighted by Gasteiger charge is 2.45. The summed E-state index contributed by atoms with van der Waals surface area (Å²) in [5.74, 6) is -0.703. The van der Waals surface area contributed by atoms with Crippen molar-refractivity contribution in [2.45, 2.75) is 52.1 Å². The maximum atomic E-state index is 11.0. The Hall–Kier alpha value is -0.570. The molecule has 1 aliphatic carbocycles. The molecule has 0 radical (unpaired) electrons. The van der Waals surface area contributed by atoms with Crippen molar-refractivity contribution in [3.05, 3.63) is 0 Å². The average molecular weight is 199 g/mol. The molecule has 1 rings (SSSR count). The van der Waals surface area contributed by atoms with Crippen LogP contribution in [-0.4, -0.2) is 35.1 Å². The lowest BCUT2D eigenvalue weighted by Gasteiger charge is -2.33. The smallest absolute Gasteiger partial charge is 0.320 e. The molecule has 82 valence electrons. The third kappa shape index (κ3) is 2.08. The summed E-state index contributed by atoms with van der Waals surface area (Å²) in [7, 11) is 1.93. The zero-order valence-corrected chi connectivity index (χ0v) is 9.58. The highest BCUT2D eigenvalue weighted by molar-refractivity contribution is 5.73. The van der Waals surface area contributed by atoms with Gasteiger partial charge in [-0.15, -0.1) is 0 Å². The highest BCUT2D eigenvalue weighted by Crippen LogP contribution is 2.49. The number of hydrogen-bond acceptors (Lipinski definition) is 2. The Kier molecular flexibility index (Phi) is 3.20. The molecule has 0 saturated heterocycles. The van der Waals surface area contributed by atoms with Gasteiger partial charge < -0.3 is 5.11 Å². The summed E-state index contributed by atoms with van der Waals surface area (Å²) in [5, 5.41) is 9.04. The molecule has 0 bridgehead atoms. The minimum atomic E-state index is -0.703. The molecule has 0 aromatic carbocycles. The van der Waals surface area contributed by atoms with E-state index in [4.69, 9.17) is 5.11 Å². The topological polar surface area (TPSA) is 40.5 Å². The number of carboxylic acid groups (broad SMARTS) is 1. The molecule has 3 heteroatoms. The molecule has 0 aromatic heterocycles. The second kappa shape index (κ2) is 3.89. The Morgan fingerprint density at radius 3 is 2.36 bits per heavy atom. The van der Waals surface area contributed by atoms with E-state index in [1.54, 1.807) is 0 Å². The largest absolute Gasteiger partial charge is 0.480 e. The van der Waals surface area contributed by atoms with Gasteiger partial charge >= 0.3 is 5.97 Å². The molecule has 1 N–H and O–H groups in total. The first-order valence-electron chi connectivity index (χ1n) is 5.37. The Morgan fingerprint density at radius 1 is 1.57 bits per heavy atom. The van der Waals surface area contributed by atoms with Gasteiger partial charge in [-0.05, 0) is 38.6 Å². The van der Waals surface area contributed by atoms with Crippen LogP contribution in [0.15, 0.2) is 0 Å². The second-order valence-corrected chi connectivity index (χ2v) is 4.76. The Bertz CT molecular complexity index is 223. The third-order valence-electron chi connectivity index (χ3n) is 3.82. The van der Waals surface area contributed by atoms with Crippen LogP contribution in [0.5, 0.6) is 0 Å². The summed E-state index contributed by atoms with van der Waals surface area (Å²) in [4.78, 5) is 13.0. The minimum Gasteiger partial charge on any atom is -0.480 e. The number of rotatable bonds is 5. The molecule has 3 nitrogen and oxygen atoms in total. The van der Waals surface area contributed by atoms with Crippen LogP contribution in [0, 0.1) is 5.41 Å². The number of likely N-dealkylation sites (N-methyl/N-ethyl adjacent to an activating group) is 1. The van der Waals surface area contributed by atoms with Crippen molar-refractivity contribution < 1.29 is 9.90 Å². The van der Waals surface area contributed by atoms with Crippen LogP contribution in [0.3, 0.4) is 0 Å². The van der Waals surface area contributed by atoms with Gasteiger partial charge in [-0.2, -0.15) is 0 Å². The summed E-state index contributed by atoms with van der Waals surface area (Å²) < 4.78 is 0. The van der Waals surface area contributed by atoms with Gasteiger partial charge in [-0.3, -0.25) is 9.69 Å². The van der Waals surface area contributed by atoms with E-state index in [0.29, 0.717) is 17.9 Å². The summed E-state index contributed by atoms with van der Waals surface area (Å²) in [5.41, 5.74) is 0.359. The zero-order valence-electron chi connectivity index (χ0n) is 9.58. The second-order valence-electron chi connectivity index (χ2n) is 4.76. The van der Waals surface area contributed by atoms with Crippen molar-refractivity contribution in [1.82, 2.24) is 4.90 Å². The Morgan fingerprint density at radius 2 is 2.07 bits per heavy atom. The molecular weight excluding hydrogens is 178 g/mol. The lowest BCUT2D eigenvalue weighted by atomic mass is 9.97. The Labute approximate surface area is 86.1 Å². The monoisotopic (exact) mass is 199 g/mol. The molecule has 0 aliphatic heterocycles. The molecule has 1 fully saturated rings. The van der Waals surface area contributed by atoms with Crippen LogP contribution in [0.1, 0.15) is 40.0 Å². The van der Waals surface area contributed by atoms with E-state index in [9.17, 15) is 4.79 Å². The van der Waals surface area contributed by atoms with Gasteiger partial charge in [0.25, 0.3) is 0 Å². The summed E-state index contributed by atoms with van der Waals surface area (Å²) in [6.07, 6.45) is 3.13. The molecule has 0 spiro atoms. The predicted octanol–water partition coefficient (Wildman–Crippen LogP) is 1.97. The summed E-state index contributed by atoms with van der Waals surface area (Å²) in [6.45, 7) is 6.30. The fourth-order valence-corrected chi connectivity index (χ4v) is 2.01. The van der Waals surface area contributed by atoms with Crippen LogP contribution in [0.25, 0.3) is 0 Å². The summed E-state index contributed by atoms with van der Waals surface area (Å²) >= 11 is 0. The zero-order chi connectivity index (χ0) is 10.9. The molecule has 0 heterocycles. The maximum absolute atomic E-state index is 11.0. The molecule has 0 amide bonds. The first-order chi connectivity index (χ1) is 6.42.